The molecule has 2 heterocycles. The number of aliphatic imine (C=N–C) groups is 1. The van der Waals surface area contributed by atoms with Crippen LogP contribution < -0.4 is 10.6 Å². The molecule has 2 aliphatic rings. The summed E-state index contributed by atoms with van der Waals surface area (Å²) in [6, 6.07) is 47.9. The second-order valence-corrected chi connectivity index (χ2v) is 14.4. The summed E-state index contributed by atoms with van der Waals surface area (Å²) < 4.78 is 0. The molecule has 1 aromatic heterocycles. The van der Waals surface area contributed by atoms with Gasteiger partial charge in [-0.3, -0.25) is 5.32 Å². The molecule has 1 aliphatic carbocycles. The standard InChI is InChI=1S/C48H41N5/c1-31-26-32(2)50-45(49-31)35-24-22-33(23-25-35)37-27-38(44-30-36-16-10-11-19-41(36)42-20-12-13-21-43(42)44)29-39(28-37)47-51-46(34-14-6-4-7-15-34)52-48(3,53-47)40-17-8-5-9-18-40/h4,6-8,10-30,47,53H,5,9H2,1-3H3,(H,51,52)/t47?,48-/m1/s1. The number of fused-ring (bicyclic) bond motifs is 3. The van der Waals surface area contributed by atoms with Gasteiger partial charge in [0, 0.05) is 22.5 Å². The zero-order valence-corrected chi connectivity index (χ0v) is 30.3. The fourth-order valence-electron chi connectivity index (χ4n) is 7.87. The lowest BCUT2D eigenvalue weighted by atomic mass is 9.89. The Kier molecular flexibility index (Phi) is 8.29. The number of nitrogens with one attached hydrogen (secondary N) is 2. The van der Waals surface area contributed by atoms with Crippen LogP contribution in [0.4, 0.5) is 0 Å². The topological polar surface area (TPSA) is 62.2 Å². The number of nitrogens with zero attached hydrogens (tertiary/aromatic N) is 3. The van der Waals surface area contributed by atoms with Crippen LogP contribution in [0.1, 0.15) is 48.4 Å². The molecule has 2 N–H and O–H groups in total. The van der Waals surface area contributed by atoms with E-state index in [9.17, 15) is 0 Å². The summed E-state index contributed by atoms with van der Waals surface area (Å²) in [5.74, 6) is 1.62. The number of benzene rings is 6. The van der Waals surface area contributed by atoms with Crippen molar-refractivity contribution in [2.45, 2.75) is 45.4 Å². The van der Waals surface area contributed by atoms with Crippen LogP contribution >= 0.6 is 0 Å². The van der Waals surface area contributed by atoms with Gasteiger partial charge in [-0.05, 0) is 119 Å². The molecule has 0 bridgehead atoms. The van der Waals surface area contributed by atoms with Crippen molar-refractivity contribution in [2.75, 3.05) is 0 Å². The predicted molar refractivity (Wildman–Crippen MR) is 220 cm³/mol. The Balaban J connectivity index is 1.24. The Bertz CT molecular complexity index is 2580. The summed E-state index contributed by atoms with van der Waals surface area (Å²) in [6.45, 7) is 6.26. The minimum atomic E-state index is -0.534. The lowest BCUT2D eigenvalue weighted by molar-refractivity contribution is 0.322. The Morgan fingerprint density at radius 2 is 1.28 bits per heavy atom. The first-order valence-electron chi connectivity index (χ1n) is 18.5. The lowest BCUT2D eigenvalue weighted by Gasteiger charge is -2.42. The molecule has 6 aromatic carbocycles. The molecule has 9 rings (SSSR count). The van der Waals surface area contributed by atoms with Gasteiger partial charge in [0.2, 0.25) is 0 Å². The van der Waals surface area contributed by atoms with E-state index in [0.717, 1.165) is 69.3 Å². The molecule has 0 fully saturated rings. The maximum Gasteiger partial charge on any atom is 0.159 e. The highest BCUT2D eigenvalue weighted by atomic mass is 15.3. The third-order valence-corrected chi connectivity index (χ3v) is 10.5. The van der Waals surface area contributed by atoms with Crippen molar-refractivity contribution in [3.05, 3.63) is 180 Å². The summed E-state index contributed by atoms with van der Waals surface area (Å²) >= 11 is 0. The third-order valence-electron chi connectivity index (χ3n) is 10.5. The molecular weight excluding hydrogens is 647 g/mol. The summed E-state index contributed by atoms with van der Waals surface area (Å²) in [5.41, 5.74) is 10.4. The van der Waals surface area contributed by atoms with E-state index < -0.39 is 5.66 Å². The highest BCUT2D eigenvalue weighted by Crippen LogP contribution is 2.39. The lowest BCUT2D eigenvalue weighted by Crippen LogP contribution is -2.61. The van der Waals surface area contributed by atoms with E-state index in [1.54, 1.807) is 0 Å². The number of rotatable bonds is 6. The maximum absolute atomic E-state index is 5.39. The molecule has 1 unspecified atom stereocenters. The molecule has 53 heavy (non-hydrogen) atoms. The molecule has 5 nitrogen and oxygen atoms in total. The van der Waals surface area contributed by atoms with E-state index in [0.29, 0.717) is 0 Å². The van der Waals surface area contributed by atoms with Crippen molar-refractivity contribution < 1.29 is 0 Å². The van der Waals surface area contributed by atoms with Gasteiger partial charge in [0.05, 0.1) is 0 Å². The van der Waals surface area contributed by atoms with Crippen LogP contribution in [-0.4, -0.2) is 21.5 Å². The first-order chi connectivity index (χ1) is 25.9. The van der Waals surface area contributed by atoms with Crippen LogP contribution in [0.2, 0.25) is 0 Å². The molecule has 2 atom stereocenters. The Morgan fingerprint density at radius 1 is 0.604 bits per heavy atom. The molecule has 258 valence electrons. The fraction of sp³-hybridized carbons (Fsp3) is 0.146. The summed E-state index contributed by atoms with van der Waals surface area (Å²) in [5, 5.41) is 12.7. The fourth-order valence-corrected chi connectivity index (χ4v) is 7.87. The van der Waals surface area contributed by atoms with E-state index in [1.165, 1.54) is 32.7 Å². The molecule has 0 amide bonds. The van der Waals surface area contributed by atoms with Crippen LogP contribution in [0.25, 0.3) is 55.2 Å². The number of hydrogen-bond donors (Lipinski definition) is 2. The average molecular weight is 688 g/mol. The van der Waals surface area contributed by atoms with Crippen molar-refractivity contribution >= 4 is 27.4 Å². The van der Waals surface area contributed by atoms with Gasteiger partial charge in [-0.1, -0.05) is 121 Å². The summed E-state index contributed by atoms with van der Waals surface area (Å²) in [7, 11) is 0. The van der Waals surface area contributed by atoms with Crippen LogP contribution in [0, 0.1) is 13.8 Å². The van der Waals surface area contributed by atoms with Crippen LogP contribution in [0.5, 0.6) is 0 Å². The molecule has 0 radical (unpaired) electrons. The van der Waals surface area contributed by atoms with Crippen molar-refractivity contribution in [1.29, 1.82) is 0 Å². The van der Waals surface area contributed by atoms with E-state index >= 15 is 0 Å². The third kappa shape index (κ3) is 6.34. The minimum absolute atomic E-state index is 0.318. The maximum atomic E-state index is 5.39. The highest BCUT2D eigenvalue weighted by Gasteiger charge is 2.36. The smallest absolute Gasteiger partial charge is 0.159 e. The van der Waals surface area contributed by atoms with Gasteiger partial charge in [-0.25, -0.2) is 15.0 Å². The Morgan fingerprint density at radius 3 is 2.04 bits per heavy atom. The van der Waals surface area contributed by atoms with Gasteiger partial charge in [-0.2, -0.15) is 0 Å². The molecule has 7 aromatic rings. The van der Waals surface area contributed by atoms with Crippen LogP contribution in [0.3, 0.4) is 0 Å². The van der Waals surface area contributed by atoms with E-state index in [1.807, 2.05) is 19.9 Å². The zero-order chi connectivity index (χ0) is 35.9. The van der Waals surface area contributed by atoms with E-state index in [2.05, 4.69) is 163 Å². The van der Waals surface area contributed by atoms with E-state index in [4.69, 9.17) is 15.0 Å². The number of aryl methyl sites for hydroxylation is 2. The second kappa shape index (κ2) is 13.4. The first-order valence-corrected chi connectivity index (χ1v) is 18.5. The van der Waals surface area contributed by atoms with Gasteiger partial charge in [0.15, 0.2) is 5.82 Å². The number of amidine groups is 1. The SMILES string of the molecule is Cc1cc(C)nc(-c2ccc(-c3cc(-c4cc5ccccc5c5ccccc45)cc(C4N=C(c5ccccc5)N[C@@](C)(C5=CCCC=C5)N4)c3)cc2)n1. The van der Waals surface area contributed by atoms with Crippen molar-refractivity contribution in [3.63, 3.8) is 0 Å². The van der Waals surface area contributed by atoms with Crippen molar-refractivity contribution in [3.8, 4) is 33.6 Å². The van der Waals surface area contributed by atoms with Gasteiger partial charge in [-0.15, -0.1) is 0 Å². The van der Waals surface area contributed by atoms with Gasteiger partial charge in [0.25, 0.3) is 0 Å². The predicted octanol–water partition coefficient (Wildman–Crippen LogP) is 11.0. The molecular formula is C48H41N5. The van der Waals surface area contributed by atoms with Gasteiger partial charge >= 0.3 is 0 Å². The number of aromatic nitrogens is 2. The summed E-state index contributed by atoms with van der Waals surface area (Å²) in [4.78, 5) is 14.8. The molecule has 0 spiro atoms. The molecule has 5 heteroatoms. The van der Waals surface area contributed by atoms with Crippen LogP contribution in [-0.2, 0) is 0 Å². The largest absolute Gasteiger partial charge is 0.348 e. The normalized spacial score (nSPS) is 18.4. The molecule has 1 aliphatic heterocycles. The zero-order valence-electron chi connectivity index (χ0n) is 30.3. The van der Waals surface area contributed by atoms with Gasteiger partial charge in [0.1, 0.15) is 17.7 Å². The minimum Gasteiger partial charge on any atom is -0.348 e. The molecule has 0 saturated heterocycles. The summed E-state index contributed by atoms with van der Waals surface area (Å²) in [6.07, 6.45) is 8.62. The number of hydrogen-bond acceptors (Lipinski definition) is 5. The number of allylic oxidation sites excluding steroid dienone is 2. The Hall–Kier alpha value is -6.17. The van der Waals surface area contributed by atoms with Gasteiger partial charge < -0.3 is 5.32 Å². The average Bonchev–Trinajstić information content (AvgIpc) is 3.20. The van der Waals surface area contributed by atoms with Crippen molar-refractivity contribution in [1.82, 2.24) is 20.6 Å². The van der Waals surface area contributed by atoms with E-state index in [-0.39, 0.29) is 6.17 Å². The molecule has 0 saturated carbocycles. The van der Waals surface area contributed by atoms with Crippen LogP contribution in [0.15, 0.2) is 162 Å². The quantitative estimate of drug-likeness (QED) is 0.171. The first kappa shape index (κ1) is 32.7. The second-order valence-electron chi connectivity index (χ2n) is 14.4. The van der Waals surface area contributed by atoms with Crippen molar-refractivity contribution in [2.24, 2.45) is 4.99 Å². The highest BCUT2D eigenvalue weighted by molar-refractivity contribution is 6.14. The Labute approximate surface area is 310 Å². The monoisotopic (exact) mass is 687 g/mol.